The molecule has 0 atom stereocenters. The fraction of sp³-hybridized carbons (Fsp3) is 0. The van der Waals surface area contributed by atoms with Crippen molar-refractivity contribution >= 4 is 141 Å². The fourth-order valence-corrected chi connectivity index (χ4v) is 18.3. The van der Waals surface area contributed by atoms with Gasteiger partial charge in [0.05, 0.1) is 0 Å². The third-order valence-corrected chi connectivity index (χ3v) is 24.5. The highest BCUT2D eigenvalue weighted by Gasteiger charge is 2.23. The molecule has 11 nitrogen and oxygen atoms in total. The van der Waals surface area contributed by atoms with E-state index in [1.165, 1.54) is 91.6 Å². The first-order valence-electron chi connectivity index (χ1n) is 42.9. The van der Waals surface area contributed by atoms with Crippen LogP contribution in [0.4, 0.5) is 0 Å². The van der Waals surface area contributed by atoms with Crippen molar-refractivity contribution in [2.75, 3.05) is 0 Å². The van der Waals surface area contributed by atoms with Gasteiger partial charge in [0.15, 0.2) is 52.4 Å². The van der Waals surface area contributed by atoms with Gasteiger partial charge >= 0.3 is 0 Å². The molecule has 0 fully saturated rings. The predicted octanol–water partition coefficient (Wildman–Crippen LogP) is 30.5. The molecule has 0 amide bonds. The van der Waals surface area contributed by atoms with Gasteiger partial charge in [0.25, 0.3) is 0 Å². The lowest BCUT2D eigenvalue weighted by atomic mass is 9.94. The first-order valence-corrected chi connectivity index (χ1v) is 42.9. The van der Waals surface area contributed by atoms with E-state index in [2.05, 4.69) is 249 Å². The molecule has 0 saturated carbocycles. The summed E-state index contributed by atoms with van der Waals surface area (Å²) >= 11 is 0. The molecule has 128 heavy (non-hydrogen) atoms. The molecule has 0 spiro atoms. The van der Waals surface area contributed by atoms with Crippen LogP contribution in [-0.4, -0.2) is 44.9 Å². The minimum Gasteiger partial charge on any atom is -0.456 e. The van der Waals surface area contributed by atoms with E-state index < -0.39 is 0 Å². The van der Waals surface area contributed by atoms with E-state index in [0.717, 1.165) is 110 Å². The van der Waals surface area contributed by atoms with Gasteiger partial charge < -0.3 is 8.83 Å². The van der Waals surface area contributed by atoms with Crippen molar-refractivity contribution in [2.24, 2.45) is 0 Å². The van der Waals surface area contributed by atoms with Gasteiger partial charge in [-0.25, -0.2) is 44.9 Å². The van der Waals surface area contributed by atoms with Crippen molar-refractivity contribution in [3.05, 3.63) is 431 Å². The second-order valence-electron chi connectivity index (χ2n) is 32.2. The van der Waals surface area contributed by atoms with Gasteiger partial charge in [-0.1, -0.05) is 382 Å². The van der Waals surface area contributed by atoms with Crippen molar-refractivity contribution in [3.8, 4) is 114 Å². The number of hydrogen-bond acceptors (Lipinski definition) is 11. The van der Waals surface area contributed by atoms with Crippen LogP contribution in [-0.2, 0) is 0 Å². The second kappa shape index (κ2) is 31.5. The Bertz CT molecular complexity index is 8850. The van der Waals surface area contributed by atoms with Crippen LogP contribution < -0.4 is 0 Å². The summed E-state index contributed by atoms with van der Waals surface area (Å²) in [5.41, 5.74) is 14.1. The molecule has 0 radical (unpaired) electrons. The van der Waals surface area contributed by atoms with Gasteiger partial charge in [-0.2, -0.15) is 0 Å². The summed E-state index contributed by atoms with van der Waals surface area (Å²) in [6, 6.07) is 149. The third kappa shape index (κ3) is 13.5. The maximum Gasteiger partial charge on any atom is 0.164 e. The highest BCUT2D eigenvalue weighted by Crippen LogP contribution is 2.43. The number of nitrogens with zero attached hydrogens (tertiary/aromatic N) is 9. The number of para-hydroxylation sites is 2. The lowest BCUT2D eigenvalue weighted by molar-refractivity contribution is 0.668. The molecule has 26 aromatic rings. The normalized spacial score (nSPS) is 11.6. The van der Waals surface area contributed by atoms with Crippen molar-refractivity contribution in [2.45, 2.75) is 0 Å². The maximum atomic E-state index is 6.19. The van der Waals surface area contributed by atoms with Crippen LogP contribution in [0.2, 0.25) is 0 Å². The number of furan rings is 2. The Hall–Kier alpha value is -17.4. The Labute approximate surface area is 734 Å². The number of rotatable bonds is 10. The highest BCUT2D eigenvalue weighted by atomic mass is 16.3. The standard InChI is InChI=1S/2C39H23N3O.C39H25N3/c1-2-10-25(11-3-1)37-40-38(42-39(41-37)33-14-8-16-35-36(33)32-13-6-7-15-34(32)43-35)27-19-20-29-26(23-27)18-22-30-28-12-5-4-9-24(28)17-21-31(29)30;1-2-10-26(11-3-1)37-40-38(42-39(41-37)32-14-8-16-35-36(32)31-13-6-7-15-34(31)43-35)27-18-17-25-20-21-29-28-12-5-4-9-24(28)19-22-30(29)33(25)23-27;1-3-11-28(12-4-1)37-40-38(29-13-5-2-6-14-29)42-39(41-37)32-16-9-15-30(24-32)31-19-18-27-21-22-34-33-17-8-7-10-26(33)20-23-35(34)36(27)25-31/h2*1-23H;1-25H. The van der Waals surface area contributed by atoms with Gasteiger partial charge in [-0.15, -0.1) is 0 Å². The number of aromatic nitrogens is 9. The lowest BCUT2D eigenvalue weighted by Crippen LogP contribution is -2.00. The molecule has 0 aliphatic rings. The molecule has 0 N–H and O–H groups in total. The van der Waals surface area contributed by atoms with Gasteiger partial charge in [0.1, 0.15) is 22.3 Å². The molecule has 596 valence electrons. The van der Waals surface area contributed by atoms with E-state index in [0.29, 0.717) is 52.4 Å². The van der Waals surface area contributed by atoms with Crippen LogP contribution in [0.3, 0.4) is 0 Å². The number of fused-ring (bicyclic) bond motifs is 21. The van der Waals surface area contributed by atoms with E-state index in [9.17, 15) is 0 Å². The smallest absolute Gasteiger partial charge is 0.164 e. The first-order chi connectivity index (χ1) is 63.4. The van der Waals surface area contributed by atoms with Crippen molar-refractivity contribution in [1.29, 1.82) is 0 Å². The van der Waals surface area contributed by atoms with E-state index in [-0.39, 0.29) is 0 Å². The highest BCUT2D eigenvalue weighted by molar-refractivity contribution is 6.21. The van der Waals surface area contributed by atoms with E-state index in [1.807, 2.05) is 182 Å². The molecule has 11 heteroatoms. The topological polar surface area (TPSA) is 142 Å². The molecular formula is C117H71N9O2. The Balaban J connectivity index is 0.000000107. The second-order valence-corrected chi connectivity index (χ2v) is 32.2. The molecule has 21 aromatic carbocycles. The van der Waals surface area contributed by atoms with E-state index in [4.69, 9.17) is 53.7 Å². The molecule has 0 aliphatic heterocycles. The van der Waals surface area contributed by atoms with Gasteiger partial charge in [0.2, 0.25) is 0 Å². The van der Waals surface area contributed by atoms with E-state index in [1.54, 1.807) is 0 Å². The summed E-state index contributed by atoms with van der Waals surface area (Å²) < 4.78 is 12.4. The number of hydrogen-bond donors (Lipinski definition) is 0. The van der Waals surface area contributed by atoms with Gasteiger partial charge in [-0.3, -0.25) is 0 Å². The third-order valence-electron chi connectivity index (χ3n) is 24.5. The zero-order valence-corrected chi connectivity index (χ0v) is 68.8. The summed E-state index contributed by atoms with van der Waals surface area (Å²) in [4.78, 5) is 44.9. The molecule has 0 aliphatic carbocycles. The zero-order valence-electron chi connectivity index (χ0n) is 68.8. The molecule has 26 rings (SSSR count). The fourth-order valence-electron chi connectivity index (χ4n) is 18.3. The summed E-state index contributed by atoms with van der Waals surface area (Å²) in [6.07, 6.45) is 0. The van der Waals surface area contributed by atoms with Crippen LogP contribution in [0.1, 0.15) is 0 Å². The molecule has 0 bridgehead atoms. The monoisotopic (exact) mass is 1630 g/mol. The van der Waals surface area contributed by atoms with Crippen molar-refractivity contribution in [1.82, 2.24) is 44.9 Å². The minimum atomic E-state index is 0.616. The average molecular weight is 1630 g/mol. The van der Waals surface area contributed by atoms with Crippen LogP contribution in [0, 0.1) is 0 Å². The molecular weight excluding hydrogens is 1560 g/mol. The molecule has 0 unspecified atom stereocenters. The number of benzene rings is 21. The van der Waals surface area contributed by atoms with Gasteiger partial charge in [0, 0.05) is 71.6 Å². The summed E-state index contributed by atoms with van der Waals surface area (Å²) in [7, 11) is 0. The zero-order chi connectivity index (χ0) is 84.5. The van der Waals surface area contributed by atoms with Crippen molar-refractivity contribution < 1.29 is 8.83 Å². The quantitative estimate of drug-likeness (QED) is 0.121. The average Bonchev–Trinajstić information content (AvgIpc) is 1.23. The lowest BCUT2D eigenvalue weighted by Gasteiger charge is -2.11. The predicted molar refractivity (Wildman–Crippen MR) is 526 cm³/mol. The van der Waals surface area contributed by atoms with Crippen LogP contribution in [0.15, 0.2) is 440 Å². The largest absolute Gasteiger partial charge is 0.456 e. The molecule has 0 saturated heterocycles. The Morgan fingerprint density at radius 2 is 0.367 bits per heavy atom. The summed E-state index contributed by atoms with van der Waals surface area (Å²) in [5, 5.41) is 26.3. The first kappa shape index (κ1) is 74.4. The van der Waals surface area contributed by atoms with Crippen LogP contribution >= 0.6 is 0 Å². The van der Waals surface area contributed by atoms with Crippen LogP contribution in [0.5, 0.6) is 0 Å². The van der Waals surface area contributed by atoms with E-state index >= 15 is 0 Å². The maximum absolute atomic E-state index is 6.19. The van der Waals surface area contributed by atoms with Crippen LogP contribution in [0.25, 0.3) is 254 Å². The van der Waals surface area contributed by atoms with Crippen molar-refractivity contribution in [3.63, 3.8) is 0 Å². The minimum absolute atomic E-state index is 0.616. The molecule has 5 aromatic heterocycles. The Morgan fingerprint density at radius 1 is 0.125 bits per heavy atom. The summed E-state index contributed by atoms with van der Waals surface area (Å²) in [5.74, 6) is 5.74. The van der Waals surface area contributed by atoms with Gasteiger partial charge in [-0.05, 0) is 157 Å². The summed E-state index contributed by atoms with van der Waals surface area (Å²) in [6.45, 7) is 0. The Morgan fingerprint density at radius 3 is 0.781 bits per heavy atom. The molecule has 5 heterocycles. The Kier molecular flexibility index (Phi) is 18.3. The SMILES string of the molecule is c1ccc(-c2nc(-c3ccc4c(ccc5c6ccccc6ccc45)c3)nc(-c3cccc4oc5ccccc5c34)n2)cc1.c1ccc(-c2nc(-c3ccc4ccc5c6ccccc6ccc5c4c3)nc(-c3cccc4oc5ccccc5c34)n2)cc1.c1ccc(-c2nc(-c3ccccc3)nc(-c3cccc(-c4ccc5ccc6c7ccccc7ccc6c5c4)c3)n2)cc1.